The quantitative estimate of drug-likeness (QED) is 0.796. The number of hydrogen-bond acceptors (Lipinski definition) is 3. The van der Waals surface area contributed by atoms with Crippen molar-refractivity contribution in [3.8, 4) is 0 Å². The van der Waals surface area contributed by atoms with Crippen LogP contribution in [0.4, 0.5) is 5.82 Å². The van der Waals surface area contributed by atoms with Crippen molar-refractivity contribution in [2.24, 2.45) is 11.7 Å². The molecular formula is C12H19N3. The van der Waals surface area contributed by atoms with Gasteiger partial charge in [-0.15, -0.1) is 0 Å². The Bertz CT molecular complexity index is 324. The number of piperidine rings is 1. The summed E-state index contributed by atoms with van der Waals surface area (Å²) in [6.45, 7) is 5.08. The molecule has 0 saturated carbocycles. The molecule has 0 bridgehead atoms. The molecule has 0 spiro atoms. The van der Waals surface area contributed by atoms with Crippen molar-refractivity contribution < 1.29 is 0 Å². The Balaban J connectivity index is 2.09. The van der Waals surface area contributed by atoms with Crippen molar-refractivity contribution >= 4 is 5.82 Å². The molecule has 2 heterocycles. The molecule has 1 atom stereocenters. The first kappa shape index (κ1) is 10.4. The highest BCUT2D eigenvalue weighted by Gasteiger charge is 2.19. The maximum atomic E-state index is 5.73. The highest BCUT2D eigenvalue weighted by Crippen LogP contribution is 2.21. The summed E-state index contributed by atoms with van der Waals surface area (Å²) in [5.41, 5.74) is 7.00. The SMILES string of the molecule is Cc1ccnc(N2CCCC(CN)C2)c1. The van der Waals surface area contributed by atoms with E-state index in [1.807, 2.05) is 12.3 Å². The van der Waals surface area contributed by atoms with Gasteiger partial charge in [-0.25, -0.2) is 4.98 Å². The Kier molecular flexibility index (Phi) is 3.21. The lowest BCUT2D eigenvalue weighted by Crippen LogP contribution is -2.38. The third-order valence-corrected chi connectivity index (χ3v) is 3.08. The van der Waals surface area contributed by atoms with Gasteiger partial charge in [-0.05, 0) is 49.9 Å². The third kappa shape index (κ3) is 2.48. The lowest BCUT2D eigenvalue weighted by atomic mass is 9.98. The molecule has 0 aliphatic carbocycles. The van der Waals surface area contributed by atoms with Gasteiger partial charge in [-0.3, -0.25) is 0 Å². The van der Waals surface area contributed by atoms with Crippen LogP contribution in [0.3, 0.4) is 0 Å². The summed E-state index contributed by atoms with van der Waals surface area (Å²) in [6, 6.07) is 4.19. The Morgan fingerprint density at radius 3 is 3.20 bits per heavy atom. The second kappa shape index (κ2) is 4.62. The molecule has 1 aliphatic heterocycles. The van der Waals surface area contributed by atoms with Crippen LogP contribution in [-0.4, -0.2) is 24.6 Å². The molecule has 0 radical (unpaired) electrons. The lowest BCUT2D eigenvalue weighted by Gasteiger charge is -2.33. The van der Waals surface area contributed by atoms with Crippen molar-refractivity contribution in [3.05, 3.63) is 23.9 Å². The zero-order valence-electron chi connectivity index (χ0n) is 9.32. The van der Waals surface area contributed by atoms with E-state index in [-0.39, 0.29) is 0 Å². The molecule has 1 aromatic rings. The maximum absolute atomic E-state index is 5.73. The van der Waals surface area contributed by atoms with Gasteiger partial charge in [0.15, 0.2) is 0 Å². The van der Waals surface area contributed by atoms with Crippen molar-refractivity contribution in [2.45, 2.75) is 19.8 Å². The number of hydrogen-bond donors (Lipinski definition) is 1. The summed E-state index contributed by atoms with van der Waals surface area (Å²) in [7, 11) is 0. The fourth-order valence-corrected chi connectivity index (χ4v) is 2.16. The largest absolute Gasteiger partial charge is 0.356 e. The topological polar surface area (TPSA) is 42.2 Å². The Labute approximate surface area is 91.3 Å². The smallest absolute Gasteiger partial charge is 0.128 e. The first-order valence-corrected chi connectivity index (χ1v) is 5.67. The van der Waals surface area contributed by atoms with Crippen LogP contribution in [0.2, 0.25) is 0 Å². The summed E-state index contributed by atoms with van der Waals surface area (Å²) in [5.74, 6) is 1.74. The van der Waals surface area contributed by atoms with Gasteiger partial charge < -0.3 is 10.6 Å². The Morgan fingerprint density at radius 2 is 2.47 bits per heavy atom. The van der Waals surface area contributed by atoms with E-state index < -0.39 is 0 Å². The Morgan fingerprint density at radius 1 is 1.60 bits per heavy atom. The number of nitrogens with zero attached hydrogens (tertiary/aromatic N) is 2. The maximum Gasteiger partial charge on any atom is 0.128 e. The van der Waals surface area contributed by atoms with E-state index >= 15 is 0 Å². The normalized spacial score (nSPS) is 21.7. The summed E-state index contributed by atoms with van der Waals surface area (Å²) in [4.78, 5) is 6.77. The van der Waals surface area contributed by atoms with Crippen LogP contribution in [0.5, 0.6) is 0 Å². The zero-order chi connectivity index (χ0) is 10.7. The van der Waals surface area contributed by atoms with E-state index in [1.165, 1.54) is 18.4 Å². The first-order valence-electron chi connectivity index (χ1n) is 5.67. The molecule has 3 nitrogen and oxygen atoms in total. The molecule has 1 saturated heterocycles. The molecule has 1 aliphatic rings. The van der Waals surface area contributed by atoms with Crippen molar-refractivity contribution in [3.63, 3.8) is 0 Å². The second-order valence-electron chi connectivity index (χ2n) is 4.38. The molecule has 82 valence electrons. The highest BCUT2D eigenvalue weighted by molar-refractivity contribution is 5.41. The number of nitrogens with two attached hydrogens (primary N) is 1. The number of pyridine rings is 1. The van der Waals surface area contributed by atoms with Gasteiger partial charge in [0.05, 0.1) is 0 Å². The van der Waals surface area contributed by atoms with Gasteiger partial charge in [-0.2, -0.15) is 0 Å². The van der Waals surface area contributed by atoms with E-state index in [2.05, 4.69) is 22.9 Å². The molecule has 0 aromatic carbocycles. The minimum absolute atomic E-state index is 0.640. The van der Waals surface area contributed by atoms with Gasteiger partial charge in [0.1, 0.15) is 5.82 Å². The fourth-order valence-electron chi connectivity index (χ4n) is 2.16. The molecule has 3 heteroatoms. The molecule has 1 unspecified atom stereocenters. The average molecular weight is 205 g/mol. The summed E-state index contributed by atoms with van der Waals surface area (Å²) in [5, 5.41) is 0. The van der Waals surface area contributed by atoms with Crippen LogP contribution in [-0.2, 0) is 0 Å². The molecule has 2 N–H and O–H groups in total. The molecule has 1 aromatic heterocycles. The minimum atomic E-state index is 0.640. The van der Waals surface area contributed by atoms with Crippen molar-refractivity contribution in [2.75, 3.05) is 24.5 Å². The van der Waals surface area contributed by atoms with Gasteiger partial charge in [0.25, 0.3) is 0 Å². The molecule has 0 amide bonds. The number of aromatic nitrogens is 1. The molecule has 2 rings (SSSR count). The number of aryl methyl sites for hydroxylation is 1. The summed E-state index contributed by atoms with van der Waals surface area (Å²) >= 11 is 0. The van der Waals surface area contributed by atoms with Crippen LogP contribution < -0.4 is 10.6 Å². The predicted octanol–water partition coefficient (Wildman–Crippen LogP) is 1.57. The van der Waals surface area contributed by atoms with Crippen molar-refractivity contribution in [1.82, 2.24) is 4.98 Å². The van der Waals surface area contributed by atoms with Crippen LogP contribution in [0.25, 0.3) is 0 Å². The van der Waals surface area contributed by atoms with Crippen molar-refractivity contribution in [1.29, 1.82) is 0 Å². The monoisotopic (exact) mass is 205 g/mol. The van der Waals surface area contributed by atoms with Gasteiger partial charge >= 0.3 is 0 Å². The molecular weight excluding hydrogens is 186 g/mol. The minimum Gasteiger partial charge on any atom is -0.356 e. The van der Waals surface area contributed by atoms with Crippen LogP contribution in [0.15, 0.2) is 18.3 Å². The van der Waals surface area contributed by atoms with E-state index in [0.29, 0.717) is 5.92 Å². The molecule has 15 heavy (non-hydrogen) atoms. The van der Waals surface area contributed by atoms with Crippen LogP contribution in [0.1, 0.15) is 18.4 Å². The zero-order valence-corrected chi connectivity index (χ0v) is 9.32. The average Bonchev–Trinajstić information content (AvgIpc) is 2.29. The third-order valence-electron chi connectivity index (χ3n) is 3.08. The standard InChI is InChI=1S/C12H19N3/c1-10-4-5-14-12(7-10)15-6-2-3-11(8-13)9-15/h4-5,7,11H,2-3,6,8-9,13H2,1H3. The van der Waals surface area contributed by atoms with E-state index in [9.17, 15) is 0 Å². The molecule has 1 fully saturated rings. The fraction of sp³-hybridized carbons (Fsp3) is 0.583. The highest BCUT2D eigenvalue weighted by atomic mass is 15.2. The number of rotatable bonds is 2. The van der Waals surface area contributed by atoms with Gasteiger partial charge in [-0.1, -0.05) is 0 Å². The predicted molar refractivity (Wildman–Crippen MR) is 63.0 cm³/mol. The van der Waals surface area contributed by atoms with Gasteiger partial charge in [0.2, 0.25) is 0 Å². The second-order valence-corrected chi connectivity index (χ2v) is 4.38. The van der Waals surface area contributed by atoms with Gasteiger partial charge in [0, 0.05) is 19.3 Å². The number of anilines is 1. The summed E-state index contributed by atoms with van der Waals surface area (Å²) < 4.78 is 0. The van der Waals surface area contributed by atoms with Crippen LogP contribution in [0, 0.1) is 12.8 Å². The Hall–Kier alpha value is -1.09. The summed E-state index contributed by atoms with van der Waals surface area (Å²) in [6.07, 6.45) is 4.38. The van der Waals surface area contributed by atoms with E-state index in [0.717, 1.165) is 25.5 Å². The van der Waals surface area contributed by atoms with Crippen LogP contribution >= 0.6 is 0 Å². The van der Waals surface area contributed by atoms with E-state index in [4.69, 9.17) is 5.73 Å². The lowest BCUT2D eigenvalue weighted by molar-refractivity contribution is 0.421. The van der Waals surface area contributed by atoms with E-state index in [1.54, 1.807) is 0 Å². The first-order chi connectivity index (χ1) is 7.29.